The SMILES string of the molecule is CCOC(=O)CCC(=O)c1cc2cc(OCCCO)c(OC)cc2s1. The van der Waals surface area contributed by atoms with Crippen LogP contribution in [0.25, 0.3) is 10.1 Å². The molecule has 0 aliphatic heterocycles. The molecular weight excluding hydrogens is 344 g/mol. The summed E-state index contributed by atoms with van der Waals surface area (Å²) < 4.78 is 16.7. The first-order valence-corrected chi connectivity index (χ1v) is 8.94. The monoisotopic (exact) mass is 366 g/mol. The zero-order chi connectivity index (χ0) is 18.2. The molecule has 0 amide bonds. The largest absolute Gasteiger partial charge is 0.493 e. The Kier molecular flexibility index (Phi) is 7.21. The zero-order valence-electron chi connectivity index (χ0n) is 14.4. The van der Waals surface area contributed by atoms with Crippen LogP contribution in [-0.4, -0.2) is 43.8 Å². The van der Waals surface area contributed by atoms with Gasteiger partial charge in [-0.15, -0.1) is 11.3 Å². The van der Waals surface area contributed by atoms with E-state index in [4.69, 9.17) is 19.3 Å². The molecular formula is C18H22O6S. The predicted octanol–water partition coefficient (Wildman–Crippen LogP) is 3.20. The van der Waals surface area contributed by atoms with Crippen molar-refractivity contribution in [3.05, 3.63) is 23.1 Å². The van der Waals surface area contributed by atoms with Gasteiger partial charge in [-0.2, -0.15) is 0 Å². The summed E-state index contributed by atoms with van der Waals surface area (Å²) in [6, 6.07) is 5.45. The summed E-state index contributed by atoms with van der Waals surface area (Å²) in [5.74, 6) is 0.707. The van der Waals surface area contributed by atoms with Crippen LogP contribution in [0.4, 0.5) is 0 Å². The number of thiophene rings is 1. The number of carbonyl (C=O) groups is 2. The van der Waals surface area contributed by atoms with E-state index in [1.807, 2.05) is 12.1 Å². The van der Waals surface area contributed by atoms with Crippen molar-refractivity contribution in [3.63, 3.8) is 0 Å². The average molecular weight is 366 g/mol. The molecule has 7 heteroatoms. The van der Waals surface area contributed by atoms with Gasteiger partial charge in [0.05, 0.1) is 31.6 Å². The van der Waals surface area contributed by atoms with Crippen molar-refractivity contribution in [2.75, 3.05) is 26.9 Å². The number of benzene rings is 1. The Hall–Kier alpha value is -2.12. The quantitative estimate of drug-likeness (QED) is 0.395. The molecule has 0 aliphatic rings. The van der Waals surface area contributed by atoms with Gasteiger partial charge in [0.25, 0.3) is 0 Å². The molecule has 2 rings (SSSR count). The van der Waals surface area contributed by atoms with Crippen LogP contribution in [0.5, 0.6) is 11.5 Å². The van der Waals surface area contributed by atoms with Gasteiger partial charge >= 0.3 is 5.97 Å². The summed E-state index contributed by atoms with van der Waals surface area (Å²) in [6.07, 6.45) is 0.741. The van der Waals surface area contributed by atoms with E-state index in [-0.39, 0.29) is 31.2 Å². The summed E-state index contributed by atoms with van der Waals surface area (Å²) in [6.45, 7) is 2.49. The third-order valence-electron chi connectivity index (χ3n) is 3.50. The molecule has 0 saturated heterocycles. The third kappa shape index (κ3) is 5.17. The van der Waals surface area contributed by atoms with E-state index in [1.165, 1.54) is 11.3 Å². The molecule has 1 aromatic heterocycles. The van der Waals surface area contributed by atoms with Crippen molar-refractivity contribution in [2.45, 2.75) is 26.2 Å². The van der Waals surface area contributed by atoms with Gasteiger partial charge in [-0.3, -0.25) is 9.59 Å². The maximum absolute atomic E-state index is 12.3. The number of aliphatic hydroxyl groups is 1. The number of esters is 1. The van der Waals surface area contributed by atoms with Crippen molar-refractivity contribution in [1.29, 1.82) is 0 Å². The van der Waals surface area contributed by atoms with Crippen LogP contribution < -0.4 is 9.47 Å². The highest BCUT2D eigenvalue weighted by molar-refractivity contribution is 7.20. The summed E-state index contributed by atoms with van der Waals surface area (Å²) in [5.41, 5.74) is 0. The fourth-order valence-corrected chi connectivity index (χ4v) is 3.32. The minimum absolute atomic E-state index is 0.0577. The second-order valence-electron chi connectivity index (χ2n) is 5.31. The molecule has 0 atom stereocenters. The maximum atomic E-state index is 12.3. The highest BCUT2D eigenvalue weighted by Crippen LogP contribution is 2.37. The van der Waals surface area contributed by atoms with Gasteiger partial charge in [-0.1, -0.05) is 0 Å². The molecule has 0 spiro atoms. The Bertz CT molecular complexity index is 736. The molecule has 2 aromatic rings. The summed E-state index contributed by atoms with van der Waals surface area (Å²) in [4.78, 5) is 24.3. The number of fused-ring (bicyclic) bond motifs is 1. The van der Waals surface area contributed by atoms with Gasteiger partial charge in [-0.25, -0.2) is 0 Å². The van der Waals surface area contributed by atoms with E-state index in [0.29, 0.717) is 36.0 Å². The fraction of sp³-hybridized carbons (Fsp3) is 0.444. The molecule has 0 saturated carbocycles. The zero-order valence-corrected chi connectivity index (χ0v) is 15.2. The van der Waals surface area contributed by atoms with Crippen LogP contribution in [0.3, 0.4) is 0 Å². The first-order chi connectivity index (χ1) is 12.1. The molecule has 0 radical (unpaired) electrons. The molecule has 0 unspecified atom stereocenters. The molecule has 0 bridgehead atoms. The van der Waals surface area contributed by atoms with Crippen molar-refractivity contribution >= 4 is 33.2 Å². The van der Waals surface area contributed by atoms with Gasteiger partial charge in [0.1, 0.15) is 0 Å². The molecule has 1 heterocycles. The number of aliphatic hydroxyl groups excluding tert-OH is 1. The van der Waals surface area contributed by atoms with Gasteiger partial charge < -0.3 is 19.3 Å². The topological polar surface area (TPSA) is 82.1 Å². The lowest BCUT2D eigenvalue weighted by molar-refractivity contribution is -0.143. The molecule has 0 aliphatic carbocycles. The molecule has 1 N–H and O–H groups in total. The van der Waals surface area contributed by atoms with E-state index in [2.05, 4.69) is 0 Å². The van der Waals surface area contributed by atoms with Crippen molar-refractivity contribution < 1.29 is 28.9 Å². The fourth-order valence-electron chi connectivity index (χ4n) is 2.28. The summed E-state index contributed by atoms with van der Waals surface area (Å²) >= 11 is 1.36. The highest BCUT2D eigenvalue weighted by Gasteiger charge is 2.15. The lowest BCUT2D eigenvalue weighted by Crippen LogP contribution is -2.07. The van der Waals surface area contributed by atoms with Crippen LogP contribution in [0.1, 0.15) is 35.9 Å². The van der Waals surface area contributed by atoms with Crippen molar-refractivity contribution in [2.24, 2.45) is 0 Å². The normalized spacial score (nSPS) is 10.7. The maximum Gasteiger partial charge on any atom is 0.306 e. The lowest BCUT2D eigenvalue weighted by atomic mass is 10.1. The first-order valence-electron chi connectivity index (χ1n) is 8.13. The Morgan fingerprint density at radius 2 is 1.96 bits per heavy atom. The second kappa shape index (κ2) is 9.39. The molecule has 25 heavy (non-hydrogen) atoms. The standard InChI is InChI=1S/C18H22O6S/c1-3-23-18(21)6-5-13(20)17-10-12-9-15(24-8-4-7-19)14(22-2)11-16(12)25-17/h9-11,19H,3-8H2,1-2H3. The Morgan fingerprint density at radius 1 is 1.16 bits per heavy atom. The smallest absolute Gasteiger partial charge is 0.306 e. The summed E-state index contributed by atoms with van der Waals surface area (Å²) in [7, 11) is 1.55. The third-order valence-corrected chi connectivity index (χ3v) is 4.64. The Morgan fingerprint density at radius 3 is 2.64 bits per heavy atom. The van der Waals surface area contributed by atoms with E-state index in [0.717, 1.165) is 10.1 Å². The van der Waals surface area contributed by atoms with Gasteiger partial charge in [-0.05, 0) is 24.4 Å². The number of ether oxygens (including phenoxy) is 3. The van der Waals surface area contributed by atoms with Crippen LogP contribution in [0.15, 0.2) is 18.2 Å². The van der Waals surface area contributed by atoms with E-state index in [9.17, 15) is 9.59 Å². The van der Waals surface area contributed by atoms with Crippen LogP contribution in [0.2, 0.25) is 0 Å². The molecule has 6 nitrogen and oxygen atoms in total. The van der Waals surface area contributed by atoms with E-state index < -0.39 is 0 Å². The number of hydrogen-bond acceptors (Lipinski definition) is 7. The first kappa shape index (κ1) is 19.2. The number of hydrogen-bond donors (Lipinski definition) is 1. The van der Waals surface area contributed by atoms with Crippen molar-refractivity contribution in [3.8, 4) is 11.5 Å². The van der Waals surface area contributed by atoms with Gasteiger partial charge in [0, 0.05) is 30.2 Å². The van der Waals surface area contributed by atoms with E-state index >= 15 is 0 Å². The Balaban J connectivity index is 2.14. The molecule has 0 fully saturated rings. The van der Waals surface area contributed by atoms with Crippen LogP contribution in [-0.2, 0) is 9.53 Å². The number of Topliss-reactive ketones (excluding diaryl/α,β-unsaturated/α-hetero) is 1. The lowest BCUT2D eigenvalue weighted by Gasteiger charge is -2.10. The van der Waals surface area contributed by atoms with Crippen LogP contribution in [0, 0.1) is 0 Å². The number of carbonyl (C=O) groups excluding carboxylic acids is 2. The number of ketones is 1. The second-order valence-corrected chi connectivity index (χ2v) is 6.39. The number of rotatable bonds is 10. The Labute approximate surface area is 150 Å². The predicted molar refractivity (Wildman–Crippen MR) is 95.8 cm³/mol. The molecule has 1 aromatic carbocycles. The van der Waals surface area contributed by atoms with Gasteiger partial charge in [0.2, 0.25) is 0 Å². The minimum Gasteiger partial charge on any atom is -0.493 e. The van der Waals surface area contributed by atoms with Gasteiger partial charge in [0.15, 0.2) is 17.3 Å². The van der Waals surface area contributed by atoms with Crippen molar-refractivity contribution in [1.82, 2.24) is 0 Å². The average Bonchev–Trinajstić information content (AvgIpc) is 3.02. The number of methoxy groups -OCH3 is 1. The highest BCUT2D eigenvalue weighted by atomic mass is 32.1. The van der Waals surface area contributed by atoms with E-state index in [1.54, 1.807) is 20.1 Å². The molecule has 136 valence electrons. The van der Waals surface area contributed by atoms with Crippen LogP contribution >= 0.6 is 11.3 Å². The minimum atomic E-state index is -0.363. The summed E-state index contributed by atoms with van der Waals surface area (Å²) in [5, 5.41) is 9.73.